The third-order valence-corrected chi connectivity index (χ3v) is 2.55. The van der Waals surface area contributed by atoms with E-state index >= 15 is 0 Å². The fourth-order valence-electron chi connectivity index (χ4n) is 1.67. The largest absolute Gasteiger partial charge is 0.113 e. The summed E-state index contributed by atoms with van der Waals surface area (Å²) < 4.78 is 0. The number of aryl methyl sites for hydroxylation is 1. The van der Waals surface area contributed by atoms with E-state index in [0.29, 0.717) is 5.88 Å². The second kappa shape index (κ2) is 4.38. The van der Waals surface area contributed by atoms with Gasteiger partial charge < -0.3 is 0 Å². The average molecular weight is 215 g/mol. The topological polar surface area (TPSA) is 0 Å². The van der Waals surface area contributed by atoms with Gasteiger partial charge in [0.25, 0.3) is 0 Å². The first-order valence-electron chi connectivity index (χ1n) is 4.86. The van der Waals surface area contributed by atoms with Gasteiger partial charge in [0.1, 0.15) is 0 Å². The summed E-state index contributed by atoms with van der Waals surface area (Å²) in [6.07, 6.45) is 0. The molecule has 0 unspecified atom stereocenters. The minimum atomic E-state index is 0.378. The quantitative estimate of drug-likeness (QED) is 0.463. The molecule has 0 heterocycles. The lowest BCUT2D eigenvalue weighted by Gasteiger charge is -2.03. The Hall–Kier alpha value is -1.45. The fraction of sp³-hybridized carbons (Fsp3) is 0.143. The van der Waals surface area contributed by atoms with Crippen LogP contribution < -0.4 is 0 Å². The normalized spacial score (nSPS) is 9.73. The summed E-state index contributed by atoms with van der Waals surface area (Å²) in [6, 6.07) is 12.5. The second-order valence-corrected chi connectivity index (χ2v) is 3.68. The molecule has 0 aromatic heterocycles. The molecule has 2 aromatic carbocycles. The molecular weight excluding hydrogens is 204 g/mol. The number of hydrogen-bond acceptors (Lipinski definition) is 0. The molecule has 0 atom stereocenters. The molecule has 0 aliphatic carbocycles. The van der Waals surface area contributed by atoms with Crippen molar-refractivity contribution in [2.75, 3.05) is 5.88 Å². The molecule has 2 rings (SSSR count). The summed E-state index contributed by atoms with van der Waals surface area (Å²) >= 11 is 5.58. The summed E-state index contributed by atoms with van der Waals surface area (Å²) in [5, 5.41) is 2.43. The Labute approximate surface area is 94.9 Å². The van der Waals surface area contributed by atoms with Gasteiger partial charge in [-0.2, -0.15) is 0 Å². The van der Waals surface area contributed by atoms with Crippen LogP contribution >= 0.6 is 11.6 Å². The Kier molecular flexibility index (Phi) is 2.94. The molecule has 0 fully saturated rings. The number of rotatable bonds is 0. The van der Waals surface area contributed by atoms with Gasteiger partial charge >= 0.3 is 0 Å². The van der Waals surface area contributed by atoms with E-state index in [9.17, 15) is 0 Å². The van der Waals surface area contributed by atoms with E-state index < -0.39 is 0 Å². The Bertz CT molecular complexity index is 544. The molecule has 74 valence electrons. The molecule has 0 amide bonds. The number of hydrogen-bond donors (Lipinski definition) is 0. The number of alkyl halides is 1. The van der Waals surface area contributed by atoms with Gasteiger partial charge in [-0.1, -0.05) is 48.2 Å². The van der Waals surface area contributed by atoms with Crippen molar-refractivity contribution in [3.63, 3.8) is 0 Å². The lowest BCUT2D eigenvalue weighted by Crippen LogP contribution is -1.85. The smallest absolute Gasteiger partial charge is 0.0839 e. The highest BCUT2D eigenvalue weighted by Crippen LogP contribution is 2.20. The number of benzene rings is 2. The average Bonchev–Trinajstić information content (AvgIpc) is 2.28. The molecule has 0 bridgehead atoms. The van der Waals surface area contributed by atoms with Crippen LogP contribution in [0.25, 0.3) is 10.8 Å². The first kappa shape index (κ1) is 10.1. The van der Waals surface area contributed by atoms with Gasteiger partial charge in [-0.25, -0.2) is 0 Å². The first-order valence-corrected chi connectivity index (χ1v) is 5.39. The number of fused-ring (bicyclic) bond motifs is 1. The highest BCUT2D eigenvalue weighted by Gasteiger charge is 2.00. The van der Waals surface area contributed by atoms with E-state index in [4.69, 9.17) is 11.6 Å². The maximum absolute atomic E-state index is 5.58. The van der Waals surface area contributed by atoms with Crippen molar-refractivity contribution >= 4 is 22.4 Å². The molecule has 15 heavy (non-hydrogen) atoms. The Morgan fingerprint density at radius 3 is 2.73 bits per heavy atom. The molecular formula is C14H11Cl. The zero-order valence-electron chi connectivity index (χ0n) is 8.55. The van der Waals surface area contributed by atoms with Crippen molar-refractivity contribution in [1.82, 2.24) is 0 Å². The monoisotopic (exact) mass is 214 g/mol. The van der Waals surface area contributed by atoms with Crippen LogP contribution in [0.4, 0.5) is 0 Å². The summed E-state index contributed by atoms with van der Waals surface area (Å²) in [4.78, 5) is 0. The van der Waals surface area contributed by atoms with Crippen molar-refractivity contribution in [3.8, 4) is 11.8 Å². The molecule has 0 saturated carbocycles. The molecule has 0 aliphatic heterocycles. The van der Waals surface area contributed by atoms with Crippen molar-refractivity contribution < 1.29 is 0 Å². The lowest BCUT2D eigenvalue weighted by molar-refractivity contribution is 1.47. The van der Waals surface area contributed by atoms with Gasteiger partial charge in [0, 0.05) is 5.56 Å². The van der Waals surface area contributed by atoms with Gasteiger partial charge in [0.05, 0.1) is 5.88 Å². The minimum Gasteiger partial charge on any atom is -0.113 e. The second-order valence-electron chi connectivity index (χ2n) is 3.41. The maximum Gasteiger partial charge on any atom is 0.0839 e. The van der Waals surface area contributed by atoms with Gasteiger partial charge in [-0.15, -0.1) is 11.6 Å². The van der Waals surface area contributed by atoms with Gasteiger partial charge in [-0.05, 0) is 23.3 Å². The van der Waals surface area contributed by atoms with E-state index in [0.717, 1.165) is 5.56 Å². The zero-order chi connectivity index (χ0) is 10.7. The molecule has 2 aromatic rings. The van der Waals surface area contributed by atoms with Crippen LogP contribution in [0.3, 0.4) is 0 Å². The van der Waals surface area contributed by atoms with Crippen molar-refractivity contribution in [1.29, 1.82) is 0 Å². The van der Waals surface area contributed by atoms with Crippen LogP contribution in [0.1, 0.15) is 11.1 Å². The first-order chi connectivity index (χ1) is 7.33. The SMILES string of the molecule is Cc1ccc2ccccc2c1C#CCCl. The van der Waals surface area contributed by atoms with Crippen LogP contribution in [0.15, 0.2) is 36.4 Å². The summed E-state index contributed by atoms with van der Waals surface area (Å²) in [6.45, 7) is 2.07. The highest BCUT2D eigenvalue weighted by molar-refractivity contribution is 6.19. The highest BCUT2D eigenvalue weighted by atomic mass is 35.5. The van der Waals surface area contributed by atoms with Crippen LogP contribution in [-0.2, 0) is 0 Å². The van der Waals surface area contributed by atoms with Crippen LogP contribution in [0, 0.1) is 18.8 Å². The zero-order valence-corrected chi connectivity index (χ0v) is 9.31. The van der Waals surface area contributed by atoms with E-state index in [2.05, 4.69) is 43.0 Å². The minimum absolute atomic E-state index is 0.378. The fourth-order valence-corrected chi connectivity index (χ4v) is 1.74. The van der Waals surface area contributed by atoms with Crippen LogP contribution in [-0.4, -0.2) is 5.88 Å². The summed E-state index contributed by atoms with van der Waals surface area (Å²) in [5.74, 6) is 6.41. The predicted molar refractivity (Wildman–Crippen MR) is 66.3 cm³/mol. The van der Waals surface area contributed by atoms with Crippen molar-refractivity contribution in [3.05, 3.63) is 47.5 Å². The molecule has 0 nitrogen and oxygen atoms in total. The van der Waals surface area contributed by atoms with Gasteiger partial charge in [-0.3, -0.25) is 0 Å². The standard InChI is InChI=1S/C14H11Cl/c1-11-8-9-12-5-2-3-6-14(12)13(11)7-4-10-15/h2-3,5-6,8-9H,10H2,1H3. The molecule has 0 radical (unpaired) electrons. The van der Waals surface area contributed by atoms with Crippen LogP contribution in [0.5, 0.6) is 0 Å². The number of halogens is 1. The Morgan fingerprint density at radius 2 is 1.93 bits per heavy atom. The van der Waals surface area contributed by atoms with Crippen LogP contribution in [0.2, 0.25) is 0 Å². The molecule has 1 heteroatoms. The Balaban J connectivity index is 2.74. The molecule has 0 saturated heterocycles. The van der Waals surface area contributed by atoms with E-state index in [1.54, 1.807) is 0 Å². The van der Waals surface area contributed by atoms with E-state index in [1.807, 2.05) is 12.1 Å². The third-order valence-electron chi connectivity index (χ3n) is 2.42. The Morgan fingerprint density at radius 1 is 1.13 bits per heavy atom. The molecule has 0 aliphatic rings. The molecule has 0 spiro atoms. The predicted octanol–water partition coefficient (Wildman–Crippen LogP) is 3.74. The summed E-state index contributed by atoms with van der Waals surface area (Å²) in [7, 11) is 0. The van der Waals surface area contributed by atoms with Gasteiger partial charge in [0.2, 0.25) is 0 Å². The van der Waals surface area contributed by atoms with Crippen molar-refractivity contribution in [2.24, 2.45) is 0 Å². The third kappa shape index (κ3) is 1.98. The maximum atomic E-state index is 5.58. The van der Waals surface area contributed by atoms with E-state index in [-0.39, 0.29) is 0 Å². The summed E-state index contributed by atoms with van der Waals surface area (Å²) in [5.41, 5.74) is 2.29. The molecule has 0 N–H and O–H groups in total. The van der Waals surface area contributed by atoms with Crippen molar-refractivity contribution in [2.45, 2.75) is 6.92 Å². The van der Waals surface area contributed by atoms with E-state index in [1.165, 1.54) is 16.3 Å². The van der Waals surface area contributed by atoms with Gasteiger partial charge in [0.15, 0.2) is 0 Å². The lowest BCUT2D eigenvalue weighted by atomic mass is 10.0.